The van der Waals surface area contributed by atoms with E-state index in [-0.39, 0.29) is 28.6 Å². The third-order valence-corrected chi connectivity index (χ3v) is 5.26. The van der Waals surface area contributed by atoms with Gasteiger partial charge in [-0.05, 0) is 6.42 Å². The molecule has 1 amide bonds. The highest BCUT2D eigenvalue weighted by molar-refractivity contribution is 5.90. The van der Waals surface area contributed by atoms with E-state index in [0.717, 1.165) is 19.3 Å². The Bertz CT molecular complexity index is 974. The van der Waals surface area contributed by atoms with E-state index in [2.05, 4.69) is 22.1 Å². The van der Waals surface area contributed by atoms with Gasteiger partial charge in [0.1, 0.15) is 17.0 Å². The molecule has 0 bridgehead atoms. The van der Waals surface area contributed by atoms with Crippen LogP contribution in [0.4, 0.5) is 11.5 Å². The summed E-state index contributed by atoms with van der Waals surface area (Å²) in [7, 11) is 0. The molecular formula is C23H31N5O2. The Morgan fingerprint density at radius 1 is 1.13 bits per heavy atom. The molecular weight excluding hydrogens is 378 g/mol. The lowest BCUT2D eigenvalue weighted by Gasteiger charge is -2.07. The number of H-pyrrole nitrogens is 1. The number of hydrogen-bond donors (Lipinski definition) is 2. The summed E-state index contributed by atoms with van der Waals surface area (Å²) < 4.78 is 1.21. The van der Waals surface area contributed by atoms with E-state index < -0.39 is 5.56 Å². The summed E-state index contributed by atoms with van der Waals surface area (Å²) in [6.45, 7) is 9.35. The van der Waals surface area contributed by atoms with E-state index in [1.54, 1.807) is 0 Å². The van der Waals surface area contributed by atoms with E-state index in [1.165, 1.54) is 68.0 Å². The van der Waals surface area contributed by atoms with Gasteiger partial charge in [-0.2, -0.15) is 5.26 Å². The largest absolute Gasteiger partial charge is 0.327 e. The van der Waals surface area contributed by atoms with Gasteiger partial charge in [-0.25, -0.2) is 4.85 Å². The van der Waals surface area contributed by atoms with Crippen molar-refractivity contribution in [2.24, 2.45) is 0 Å². The van der Waals surface area contributed by atoms with Gasteiger partial charge in [0.15, 0.2) is 0 Å². The number of nitrogens with zero attached hydrogens (tertiary/aromatic N) is 3. The highest BCUT2D eigenvalue weighted by Gasteiger charge is 2.14. The molecule has 0 aliphatic heterocycles. The van der Waals surface area contributed by atoms with E-state index >= 15 is 0 Å². The molecule has 2 aromatic rings. The van der Waals surface area contributed by atoms with Crippen molar-refractivity contribution in [1.29, 1.82) is 5.26 Å². The number of hydrogen-bond acceptors (Lipinski definition) is 3. The number of carbonyl (C=O) groups excluding carboxylic acids is 1. The standard InChI is InChI=1S/C23H31N5O2/c1-3-4-5-6-7-8-9-10-11-12-13-14-21(29)26-20-15-22(30)28-17-19(25-2)18(16-24)23(28)27-20/h15,17,27H,3-14H2,1H3,(H,26,29). The number of nitrogens with one attached hydrogen (secondary N) is 2. The zero-order valence-corrected chi connectivity index (χ0v) is 17.8. The van der Waals surface area contributed by atoms with Crippen molar-refractivity contribution >= 4 is 23.1 Å². The van der Waals surface area contributed by atoms with Gasteiger partial charge in [0, 0.05) is 18.7 Å². The fourth-order valence-corrected chi connectivity index (χ4v) is 3.57. The molecule has 0 aliphatic carbocycles. The number of fused-ring (bicyclic) bond motifs is 1. The number of rotatable bonds is 13. The summed E-state index contributed by atoms with van der Waals surface area (Å²) in [5, 5.41) is 11.9. The molecule has 0 unspecified atom stereocenters. The minimum absolute atomic E-state index is 0.101. The molecule has 7 heteroatoms. The fraction of sp³-hybridized carbons (Fsp3) is 0.565. The lowest BCUT2D eigenvalue weighted by Crippen LogP contribution is -2.18. The van der Waals surface area contributed by atoms with Crippen molar-refractivity contribution < 1.29 is 4.79 Å². The summed E-state index contributed by atoms with van der Waals surface area (Å²) >= 11 is 0. The number of aromatic amines is 1. The smallest absolute Gasteiger partial charge is 0.258 e. The Morgan fingerprint density at radius 3 is 2.30 bits per heavy atom. The number of carbonyl (C=O) groups is 1. The first kappa shape index (κ1) is 23.2. The van der Waals surface area contributed by atoms with Crippen molar-refractivity contribution in [2.75, 3.05) is 5.32 Å². The van der Waals surface area contributed by atoms with Crippen LogP contribution in [0.1, 0.15) is 89.5 Å². The molecule has 7 nitrogen and oxygen atoms in total. The number of amides is 1. The first-order chi connectivity index (χ1) is 14.6. The van der Waals surface area contributed by atoms with Crippen LogP contribution in [-0.2, 0) is 4.79 Å². The third-order valence-electron chi connectivity index (χ3n) is 5.26. The molecule has 0 spiro atoms. The summed E-state index contributed by atoms with van der Waals surface area (Å²) in [5.74, 6) is 0.0769. The van der Waals surface area contributed by atoms with Crippen LogP contribution in [-0.4, -0.2) is 15.3 Å². The van der Waals surface area contributed by atoms with Crippen LogP contribution in [0, 0.1) is 17.9 Å². The van der Waals surface area contributed by atoms with Crippen molar-refractivity contribution in [2.45, 2.75) is 84.0 Å². The molecule has 160 valence electrons. The Kier molecular flexibility index (Phi) is 9.67. The van der Waals surface area contributed by atoms with Crippen LogP contribution in [0.2, 0.25) is 0 Å². The maximum Gasteiger partial charge on any atom is 0.258 e. The zero-order chi connectivity index (χ0) is 21.8. The second-order valence-corrected chi connectivity index (χ2v) is 7.69. The van der Waals surface area contributed by atoms with E-state index in [9.17, 15) is 14.9 Å². The van der Waals surface area contributed by atoms with Gasteiger partial charge in [-0.15, -0.1) is 0 Å². The van der Waals surface area contributed by atoms with Gasteiger partial charge in [0.05, 0.1) is 12.6 Å². The Hall–Kier alpha value is -3.06. The maximum atomic E-state index is 12.2. The predicted octanol–water partition coefficient (Wildman–Crippen LogP) is 5.69. The second kappa shape index (κ2) is 12.5. The summed E-state index contributed by atoms with van der Waals surface area (Å²) in [6, 6.07) is 3.20. The van der Waals surface area contributed by atoms with Gasteiger partial charge in [0.25, 0.3) is 5.56 Å². The minimum Gasteiger partial charge on any atom is -0.327 e. The zero-order valence-electron chi connectivity index (χ0n) is 17.8. The third kappa shape index (κ3) is 6.77. The molecule has 0 radical (unpaired) electrons. The van der Waals surface area contributed by atoms with Crippen LogP contribution in [0.15, 0.2) is 17.1 Å². The summed E-state index contributed by atoms with van der Waals surface area (Å²) in [5.41, 5.74) is 0.0278. The fourth-order valence-electron chi connectivity index (χ4n) is 3.57. The lowest BCUT2D eigenvalue weighted by molar-refractivity contribution is -0.116. The SMILES string of the molecule is [C-]#[N+]c1cn2c(=O)cc(NC(=O)CCCCCCCCCCCCC)[nH]c2c1C#N. The lowest BCUT2D eigenvalue weighted by atomic mass is 10.1. The Labute approximate surface area is 177 Å². The molecule has 0 saturated heterocycles. The highest BCUT2D eigenvalue weighted by atomic mass is 16.1. The Morgan fingerprint density at radius 2 is 1.73 bits per heavy atom. The molecule has 0 aromatic carbocycles. The molecule has 0 saturated carbocycles. The van der Waals surface area contributed by atoms with Gasteiger partial charge in [0.2, 0.25) is 11.6 Å². The quantitative estimate of drug-likeness (QED) is 0.329. The molecule has 2 heterocycles. The Balaban J connectivity index is 1.72. The molecule has 2 N–H and O–H groups in total. The molecule has 0 atom stereocenters. The van der Waals surface area contributed by atoms with Gasteiger partial charge < -0.3 is 10.3 Å². The first-order valence-corrected chi connectivity index (χ1v) is 11.0. The normalized spacial score (nSPS) is 10.6. The maximum absolute atomic E-state index is 12.2. The van der Waals surface area contributed by atoms with E-state index in [1.807, 2.05) is 6.07 Å². The second-order valence-electron chi connectivity index (χ2n) is 7.69. The van der Waals surface area contributed by atoms with Crippen molar-refractivity contribution in [1.82, 2.24) is 9.38 Å². The van der Waals surface area contributed by atoms with Crippen LogP contribution in [0.25, 0.3) is 10.5 Å². The molecule has 0 aliphatic rings. The number of unbranched alkanes of at least 4 members (excludes halogenated alkanes) is 10. The molecule has 0 fully saturated rings. The van der Waals surface area contributed by atoms with Crippen molar-refractivity contribution in [3.63, 3.8) is 0 Å². The molecule has 2 rings (SSSR count). The number of anilines is 1. The van der Waals surface area contributed by atoms with Crippen LogP contribution in [0.3, 0.4) is 0 Å². The van der Waals surface area contributed by atoms with Crippen LogP contribution in [0.5, 0.6) is 0 Å². The van der Waals surface area contributed by atoms with Gasteiger partial charge in [-0.3, -0.25) is 14.0 Å². The van der Waals surface area contributed by atoms with Crippen LogP contribution < -0.4 is 10.9 Å². The number of aromatic nitrogens is 2. The minimum atomic E-state index is -0.403. The van der Waals surface area contributed by atoms with Crippen molar-refractivity contribution in [3.05, 3.63) is 39.6 Å². The average molecular weight is 410 g/mol. The first-order valence-electron chi connectivity index (χ1n) is 11.0. The monoisotopic (exact) mass is 409 g/mol. The van der Waals surface area contributed by atoms with E-state index in [4.69, 9.17) is 6.57 Å². The van der Waals surface area contributed by atoms with Gasteiger partial charge in [-0.1, -0.05) is 71.1 Å². The highest BCUT2D eigenvalue weighted by Crippen LogP contribution is 2.23. The predicted molar refractivity (Wildman–Crippen MR) is 119 cm³/mol. The topological polar surface area (TPSA) is 94.5 Å². The van der Waals surface area contributed by atoms with Crippen LogP contribution >= 0.6 is 0 Å². The summed E-state index contributed by atoms with van der Waals surface area (Å²) in [6.07, 6.45) is 15.1. The van der Waals surface area contributed by atoms with Gasteiger partial charge >= 0.3 is 0 Å². The van der Waals surface area contributed by atoms with E-state index in [0.29, 0.717) is 6.42 Å². The molecule has 30 heavy (non-hydrogen) atoms. The number of nitriles is 1. The van der Waals surface area contributed by atoms with Crippen molar-refractivity contribution in [3.8, 4) is 6.07 Å². The average Bonchev–Trinajstić information content (AvgIpc) is 3.10. The molecule has 2 aromatic heterocycles. The summed E-state index contributed by atoms with van der Waals surface area (Å²) in [4.78, 5) is 30.5.